The molecule has 0 aliphatic rings. The number of nitrogens with one attached hydrogen (secondary N) is 2. The van der Waals surface area contributed by atoms with Crippen molar-refractivity contribution in [3.8, 4) is 5.75 Å². The van der Waals surface area contributed by atoms with E-state index in [1.54, 1.807) is 13.3 Å². The van der Waals surface area contributed by atoms with Gasteiger partial charge in [-0.3, -0.25) is 5.43 Å². The molecule has 0 saturated heterocycles. The fourth-order valence-electron chi connectivity index (χ4n) is 1.21. The van der Waals surface area contributed by atoms with Gasteiger partial charge in [0.05, 0.1) is 12.8 Å². The summed E-state index contributed by atoms with van der Waals surface area (Å²) in [6, 6.07) is 7.78. The molecule has 18 heavy (non-hydrogen) atoms. The topological polar surface area (TPSA) is 45.6 Å². The highest BCUT2D eigenvalue weighted by molar-refractivity contribution is 7.80. The molecule has 0 aromatic heterocycles. The lowest BCUT2D eigenvalue weighted by Crippen LogP contribution is -2.28. The van der Waals surface area contributed by atoms with Gasteiger partial charge in [-0.15, -0.1) is 0 Å². The molecule has 0 unspecified atom stereocenters. The quantitative estimate of drug-likeness (QED) is 0.358. The monoisotopic (exact) mass is 265 g/mol. The second kappa shape index (κ2) is 8.47. The standard InChI is InChI=1S/C13H19N3OS/c1-3-4-9-17-12-7-5-11(6-8-12)10-15-16-13(18)14-2/h5-8,10H,3-4,9H2,1-2H3,(H2,14,16,18). The molecule has 1 aromatic rings. The van der Waals surface area contributed by atoms with Gasteiger partial charge in [0.1, 0.15) is 5.75 Å². The van der Waals surface area contributed by atoms with Crippen LogP contribution < -0.4 is 15.5 Å². The van der Waals surface area contributed by atoms with Crippen molar-refractivity contribution < 1.29 is 4.74 Å². The first-order chi connectivity index (χ1) is 8.76. The fourth-order valence-corrected chi connectivity index (χ4v) is 1.26. The van der Waals surface area contributed by atoms with Crippen LogP contribution >= 0.6 is 12.2 Å². The molecular weight excluding hydrogens is 246 g/mol. The van der Waals surface area contributed by atoms with Gasteiger partial charge in [0.15, 0.2) is 5.11 Å². The summed E-state index contributed by atoms with van der Waals surface area (Å²) in [6.07, 6.45) is 3.93. The van der Waals surface area contributed by atoms with Crippen molar-refractivity contribution in [2.24, 2.45) is 5.10 Å². The molecule has 1 rings (SSSR count). The number of hydrogen-bond donors (Lipinski definition) is 2. The number of thiocarbonyl (C=S) groups is 1. The van der Waals surface area contributed by atoms with Crippen LogP contribution in [0.4, 0.5) is 0 Å². The Balaban J connectivity index is 2.42. The number of ether oxygens (including phenoxy) is 1. The molecule has 0 radical (unpaired) electrons. The van der Waals surface area contributed by atoms with Gasteiger partial charge in [0.25, 0.3) is 0 Å². The summed E-state index contributed by atoms with van der Waals surface area (Å²) in [4.78, 5) is 0. The highest BCUT2D eigenvalue weighted by atomic mass is 32.1. The zero-order valence-electron chi connectivity index (χ0n) is 10.8. The van der Waals surface area contributed by atoms with Gasteiger partial charge in [0, 0.05) is 7.05 Å². The Hall–Kier alpha value is -1.62. The van der Waals surface area contributed by atoms with Crippen LogP contribution in [-0.4, -0.2) is 25.0 Å². The summed E-state index contributed by atoms with van der Waals surface area (Å²) >= 11 is 4.89. The molecular formula is C13H19N3OS. The van der Waals surface area contributed by atoms with Crippen LogP contribution in [-0.2, 0) is 0 Å². The van der Waals surface area contributed by atoms with Crippen molar-refractivity contribution in [2.75, 3.05) is 13.7 Å². The number of hydrazone groups is 1. The maximum absolute atomic E-state index is 5.57. The Labute approximate surface area is 113 Å². The summed E-state index contributed by atoms with van der Waals surface area (Å²) in [7, 11) is 1.74. The molecule has 0 aliphatic heterocycles. The van der Waals surface area contributed by atoms with Crippen molar-refractivity contribution in [3.05, 3.63) is 29.8 Å². The average Bonchev–Trinajstić information content (AvgIpc) is 2.40. The summed E-state index contributed by atoms with van der Waals surface area (Å²) < 4.78 is 5.57. The molecule has 4 nitrogen and oxygen atoms in total. The second-order valence-corrected chi connectivity index (χ2v) is 4.13. The Morgan fingerprint density at radius 2 is 2.11 bits per heavy atom. The summed E-state index contributed by atoms with van der Waals surface area (Å²) in [5, 5.41) is 7.26. The van der Waals surface area contributed by atoms with E-state index in [-0.39, 0.29) is 0 Å². The number of nitrogens with zero attached hydrogens (tertiary/aromatic N) is 1. The van der Waals surface area contributed by atoms with Crippen LogP contribution in [0.25, 0.3) is 0 Å². The van der Waals surface area contributed by atoms with Crippen molar-refractivity contribution in [1.82, 2.24) is 10.7 Å². The van der Waals surface area contributed by atoms with Crippen LogP contribution in [0.15, 0.2) is 29.4 Å². The van der Waals surface area contributed by atoms with E-state index in [9.17, 15) is 0 Å². The van der Waals surface area contributed by atoms with Gasteiger partial charge in [-0.1, -0.05) is 13.3 Å². The van der Waals surface area contributed by atoms with Gasteiger partial charge in [0.2, 0.25) is 0 Å². The number of hydrogen-bond acceptors (Lipinski definition) is 3. The van der Waals surface area contributed by atoms with Crippen LogP contribution in [0.2, 0.25) is 0 Å². The number of rotatable bonds is 6. The Morgan fingerprint density at radius 3 is 2.72 bits per heavy atom. The van der Waals surface area contributed by atoms with E-state index < -0.39 is 0 Å². The molecule has 1 aromatic carbocycles. The zero-order chi connectivity index (χ0) is 13.2. The molecule has 98 valence electrons. The average molecular weight is 265 g/mol. The molecule has 5 heteroatoms. The predicted molar refractivity (Wildman–Crippen MR) is 79.2 cm³/mol. The minimum absolute atomic E-state index is 0.491. The summed E-state index contributed by atoms with van der Waals surface area (Å²) in [5.41, 5.74) is 3.69. The normalized spacial score (nSPS) is 10.3. The Kier molecular flexibility index (Phi) is 6.79. The van der Waals surface area contributed by atoms with Crippen molar-refractivity contribution in [2.45, 2.75) is 19.8 Å². The largest absolute Gasteiger partial charge is 0.494 e. The van der Waals surface area contributed by atoms with Crippen molar-refractivity contribution >= 4 is 23.5 Å². The van der Waals surface area contributed by atoms with Gasteiger partial charge >= 0.3 is 0 Å². The first-order valence-corrected chi connectivity index (χ1v) is 6.40. The molecule has 0 saturated carbocycles. The first-order valence-electron chi connectivity index (χ1n) is 6.00. The van der Waals surface area contributed by atoms with Gasteiger partial charge in [-0.25, -0.2) is 0 Å². The van der Waals surface area contributed by atoms with Gasteiger partial charge in [-0.05, 0) is 48.5 Å². The van der Waals surface area contributed by atoms with Crippen LogP contribution in [0.1, 0.15) is 25.3 Å². The van der Waals surface area contributed by atoms with Gasteiger partial charge < -0.3 is 10.1 Å². The second-order valence-electron chi connectivity index (χ2n) is 3.72. The zero-order valence-corrected chi connectivity index (χ0v) is 11.6. The van der Waals surface area contributed by atoms with E-state index >= 15 is 0 Å². The lowest BCUT2D eigenvalue weighted by Gasteiger charge is -2.05. The van der Waals surface area contributed by atoms with Crippen molar-refractivity contribution in [3.63, 3.8) is 0 Å². The Bertz CT molecular complexity index is 390. The molecule has 0 fully saturated rings. The molecule has 0 spiro atoms. The first kappa shape index (κ1) is 14.4. The number of unbranched alkanes of at least 4 members (excludes halogenated alkanes) is 1. The smallest absolute Gasteiger partial charge is 0.186 e. The fraction of sp³-hybridized carbons (Fsp3) is 0.385. The third-order valence-corrected chi connectivity index (χ3v) is 2.55. The van der Waals surface area contributed by atoms with E-state index in [2.05, 4.69) is 22.8 Å². The van der Waals surface area contributed by atoms with E-state index in [1.807, 2.05) is 24.3 Å². The lowest BCUT2D eigenvalue weighted by atomic mass is 10.2. The molecule has 0 heterocycles. The molecule has 0 bridgehead atoms. The minimum Gasteiger partial charge on any atom is -0.494 e. The van der Waals surface area contributed by atoms with Crippen LogP contribution in [0, 0.1) is 0 Å². The lowest BCUT2D eigenvalue weighted by molar-refractivity contribution is 0.309. The molecule has 0 atom stereocenters. The van der Waals surface area contributed by atoms with E-state index in [4.69, 9.17) is 17.0 Å². The van der Waals surface area contributed by atoms with E-state index in [0.717, 1.165) is 30.8 Å². The van der Waals surface area contributed by atoms with Crippen LogP contribution in [0.5, 0.6) is 5.75 Å². The van der Waals surface area contributed by atoms with Crippen LogP contribution in [0.3, 0.4) is 0 Å². The van der Waals surface area contributed by atoms with Crippen molar-refractivity contribution in [1.29, 1.82) is 0 Å². The third-order valence-electron chi connectivity index (χ3n) is 2.25. The maximum atomic E-state index is 5.57. The summed E-state index contributed by atoms with van der Waals surface area (Å²) in [6.45, 7) is 2.91. The molecule has 2 N–H and O–H groups in total. The minimum atomic E-state index is 0.491. The molecule has 0 aliphatic carbocycles. The summed E-state index contributed by atoms with van der Waals surface area (Å²) in [5.74, 6) is 0.888. The van der Waals surface area contributed by atoms with E-state index in [0.29, 0.717) is 5.11 Å². The maximum Gasteiger partial charge on any atom is 0.186 e. The predicted octanol–water partition coefficient (Wildman–Crippen LogP) is 2.29. The molecule has 0 amide bonds. The highest BCUT2D eigenvalue weighted by Crippen LogP contribution is 2.11. The third kappa shape index (κ3) is 5.63. The Morgan fingerprint density at radius 1 is 1.39 bits per heavy atom. The van der Waals surface area contributed by atoms with E-state index in [1.165, 1.54) is 0 Å². The SMILES string of the molecule is CCCCOc1ccc(C=NNC(=S)NC)cc1. The number of benzene rings is 1. The highest BCUT2D eigenvalue weighted by Gasteiger charge is 1.93. The van der Waals surface area contributed by atoms with Gasteiger partial charge in [-0.2, -0.15) is 5.10 Å².